The number of carbonyl (C=O) groups excluding carboxylic acids is 2. The van der Waals surface area contributed by atoms with Crippen LogP contribution in [0.2, 0.25) is 5.02 Å². The summed E-state index contributed by atoms with van der Waals surface area (Å²) in [4.78, 5) is 25.9. The molecule has 3 rings (SSSR count). The average molecular weight is 490 g/mol. The fraction of sp³-hybridized carbons (Fsp3) is 0.333. The van der Waals surface area contributed by atoms with Gasteiger partial charge in [0.2, 0.25) is 5.91 Å². The van der Waals surface area contributed by atoms with Crippen LogP contribution in [0.4, 0.5) is 5.69 Å². The van der Waals surface area contributed by atoms with Gasteiger partial charge < -0.3 is 10.2 Å². The molecule has 1 heterocycles. The molecule has 2 aromatic rings. The summed E-state index contributed by atoms with van der Waals surface area (Å²) >= 11 is 6.26. The van der Waals surface area contributed by atoms with Crippen molar-refractivity contribution in [3.8, 4) is 0 Å². The third-order valence-electron chi connectivity index (χ3n) is 5.63. The number of nitrogens with zero attached hydrogens (tertiary/aromatic N) is 2. The van der Waals surface area contributed by atoms with Gasteiger partial charge in [0.15, 0.2) is 0 Å². The molecule has 0 radical (unpaired) electrons. The lowest BCUT2D eigenvalue weighted by molar-refractivity contribution is -0.119. The van der Waals surface area contributed by atoms with Crippen LogP contribution >= 0.6 is 11.6 Å². The van der Waals surface area contributed by atoms with Crippen molar-refractivity contribution in [3.63, 3.8) is 0 Å². The van der Waals surface area contributed by atoms with E-state index in [9.17, 15) is 18.0 Å². The normalized spacial score (nSPS) is 14.5. The van der Waals surface area contributed by atoms with E-state index in [1.54, 1.807) is 41.3 Å². The van der Waals surface area contributed by atoms with Gasteiger partial charge in [0.05, 0.1) is 22.2 Å². The largest absolute Gasteiger partial charge is 0.356 e. The van der Waals surface area contributed by atoms with Gasteiger partial charge in [0.1, 0.15) is 0 Å². The topological polar surface area (TPSA) is 86.8 Å². The number of halogens is 1. The molecule has 0 bridgehead atoms. The molecule has 1 fully saturated rings. The Labute approximate surface area is 200 Å². The summed E-state index contributed by atoms with van der Waals surface area (Å²) in [6.45, 7) is 6.91. The van der Waals surface area contributed by atoms with Crippen LogP contribution in [-0.2, 0) is 14.8 Å². The number of hydrogen-bond donors (Lipinski definition) is 1. The molecule has 0 atom stereocenters. The average Bonchev–Trinajstić information content (AvgIpc) is 2.81. The molecule has 9 heteroatoms. The number of nitrogens with one attached hydrogen (secondary N) is 1. The molecule has 1 saturated heterocycles. The Balaban J connectivity index is 1.79. The zero-order chi connectivity index (χ0) is 24.0. The molecule has 0 aliphatic carbocycles. The second-order valence-corrected chi connectivity index (χ2v) is 10.2. The third-order valence-corrected chi connectivity index (χ3v) is 7.72. The lowest BCUT2D eigenvalue weighted by Crippen LogP contribution is -2.41. The Hall–Kier alpha value is -2.84. The number of benzene rings is 2. The van der Waals surface area contributed by atoms with Gasteiger partial charge in [-0.3, -0.25) is 13.9 Å². The van der Waals surface area contributed by atoms with Crippen molar-refractivity contribution in [1.29, 1.82) is 0 Å². The minimum Gasteiger partial charge on any atom is -0.356 e. The Bertz CT molecular complexity index is 1130. The van der Waals surface area contributed by atoms with E-state index < -0.39 is 10.0 Å². The second-order valence-electron chi connectivity index (χ2n) is 7.98. The molecule has 0 aromatic heterocycles. The van der Waals surface area contributed by atoms with Crippen LogP contribution in [0.15, 0.2) is 66.1 Å². The van der Waals surface area contributed by atoms with Gasteiger partial charge in [-0.25, -0.2) is 8.42 Å². The van der Waals surface area contributed by atoms with Crippen molar-refractivity contribution in [2.45, 2.75) is 24.7 Å². The summed E-state index contributed by atoms with van der Waals surface area (Å²) < 4.78 is 28.1. The number of likely N-dealkylation sites (tertiary alicyclic amines) is 1. The van der Waals surface area contributed by atoms with Crippen LogP contribution in [-0.4, -0.2) is 51.3 Å². The minimum absolute atomic E-state index is 0.00987. The fourth-order valence-electron chi connectivity index (χ4n) is 3.82. The number of sulfonamides is 1. The standard InChI is InChI=1S/C24H28ClN3O4S/c1-3-13-28(23-10-5-4-9-22(23)25)33(31,32)21-8-6-7-20(16-21)24(30)27-14-11-19(12-15-27)17-26-18(2)29/h3-10,16,19H,1,11-15,17H2,2H3,(H,26,29). The first-order valence-corrected chi connectivity index (χ1v) is 12.6. The van der Waals surface area contributed by atoms with E-state index in [2.05, 4.69) is 11.9 Å². The van der Waals surface area contributed by atoms with Crippen LogP contribution in [0, 0.1) is 5.92 Å². The zero-order valence-corrected chi connectivity index (χ0v) is 20.1. The predicted molar refractivity (Wildman–Crippen MR) is 130 cm³/mol. The second kappa shape index (κ2) is 10.9. The molecule has 1 N–H and O–H groups in total. The number of carbonyl (C=O) groups is 2. The van der Waals surface area contributed by atoms with Crippen molar-refractivity contribution >= 4 is 39.1 Å². The van der Waals surface area contributed by atoms with E-state index >= 15 is 0 Å². The SMILES string of the molecule is C=CCN(c1ccccc1Cl)S(=O)(=O)c1cccc(C(=O)N2CCC(CNC(C)=O)CC2)c1. The molecular weight excluding hydrogens is 462 g/mol. The molecule has 7 nitrogen and oxygen atoms in total. The van der Waals surface area contributed by atoms with Gasteiger partial charge in [0.25, 0.3) is 15.9 Å². The molecule has 2 aromatic carbocycles. The van der Waals surface area contributed by atoms with E-state index in [-0.39, 0.29) is 23.3 Å². The van der Waals surface area contributed by atoms with Gasteiger partial charge >= 0.3 is 0 Å². The predicted octanol–water partition coefficient (Wildman–Crippen LogP) is 3.71. The van der Waals surface area contributed by atoms with Crippen molar-refractivity contribution in [2.24, 2.45) is 5.92 Å². The highest BCUT2D eigenvalue weighted by Gasteiger charge is 2.28. The van der Waals surface area contributed by atoms with Crippen molar-refractivity contribution in [3.05, 3.63) is 71.8 Å². The first-order chi connectivity index (χ1) is 15.7. The van der Waals surface area contributed by atoms with Crippen LogP contribution in [0.1, 0.15) is 30.1 Å². The molecule has 0 spiro atoms. The zero-order valence-electron chi connectivity index (χ0n) is 18.5. The maximum atomic E-state index is 13.5. The highest BCUT2D eigenvalue weighted by atomic mass is 35.5. The lowest BCUT2D eigenvalue weighted by Gasteiger charge is -2.32. The van der Waals surface area contributed by atoms with E-state index in [4.69, 9.17) is 11.6 Å². The molecule has 0 saturated carbocycles. The number of piperidine rings is 1. The highest BCUT2D eigenvalue weighted by molar-refractivity contribution is 7.92. The van der Waals surface area contributed by atoms with Crippen LogP contribution < -0.4 is 9.62 Å². The van der Waals surface area contributed by atoms with E-state index in [1.807, 2.05) is 0 Å². The highest BCUT2D eigenvalue weighted by Crippen LogP contribution is 2.30. The fourth-order valence-corrected chi connectivity index (χ4v) is 5.61. The number of rotatable bonds is 8. The molecule has 176 valence electrons. The quantitative estimate of drug-likeness (QED) is 0.573. The van der Waals surface area contributed by atoms with Crippen LogP contribution in [0.3, 0.4) is 0 Å². The Morgan fingerprint density at radius 2 is 1.88 bits per heavy atom. The Morgan fingerprint density at radius 1 is 1.18 bits per heavy atom. The summed E-state index contributed by atoms with van der Waals surface area (Å²) in [7, 11) is -3.98. The van der Waals surface area contributed by atoms with Gasteiger partial charge in [-0.2, -0.15) is 0 Å². The Morgan fingerprint density at radius 3 is 2.52 bits per heavy atom. The van der Waals surface area contributed by atoms with Crippen molar-refractivity contribution in [1.82, 2.24) is 10.2 Å². The van der Waals surface area contributed by atoms with Crippen molar-refractivity contribution < 1.29 is 18.0 Å². The van der Waals surface area contributed by atoms with Gasteiger partial charge in [0, 0.05) is 32.1 Å². The molecular formula is C24H28ClN3O4S. The maximum absolute atomic E-state index is 13.5. The van der Waals surface area contributed by atoms with Crippen LogP contribution in [0.25, 0.3) is 0 Å². The van der Waals surface area contributed by atoms with Crippen molar-refractivity contribution in [2.75, 3.05) is 30.5 Å². The summed E-state index contributed by atoms with van der Waals surface area (Å²) in [5.74, 6) is 0.0552. The molecule has 2 amide bonds. The van der Waals surface area contributed by atoms with E-state index in [1.165, 1.54) is 29.4 Å². The van der Waals surface area contributed by atoms with Gasteiger partial charge in [-0.15, -0.1) is 6.58 Å². The summed E-state index contributed by atoms with van der Waals surface area (Å²) in [5, 5.41) is 3.13. The molecule has 33 heavy (non-hydrogen) atoms. The smallest absolute Gasteiger partial charge is 0.264 e. The first-order valence-electron chi connectivity index (χ1n) is 10.8. The molecule has 1 aliphatic heterocycles. The number of hydrogen-bond acceptors (Lipinski definition) is 4. The summed E-state index contributed by atoms with van der Waals surface area (Å²) in [5.41, 5.74) is 0.658. The van der Waals surface area contributed by atoms with Gasteiger partial charge in [-0.05, 0) is 49.1 Å². The van der Waals surface area contributed by atoms with Crippen LogP contribution in [0.5, 0.6) is 0 Å². The monoisotopic (exact) mass is 489 g/mol. The minimum atomic E-state index is -3.98. The third kappa shape index (κ3) is 5.94. The summed E-state index contributed by atoms with van der Waals surface area (Å²) in [6.07, 6.45) is 3.05. The number of para-hydroxylation sites is 1. The Kier molecular flexibility index (Phi) is 8.15. The number of amides is 2. The lowest BCUT2D eigenvalue weighted by atomic mass is 9.96. The molecule has 0 unspecified atom stereocenters. The van der Waals surface area contributed by atoms with E-state index in [0.29, 0.717) is 41.8 Å². The number of anilines is 1. The van der Waals surface area contributed by atoms with Gasteiger partial charge in [-0.1, -0.05) is 35.9 Å². The van der Waals surface area contributed by atoms with E-state index in [0.717, 1.165) is 12.8 Å². The first kappa shape index (κ1) is 24.8. The summed E-state index contributed by atoms with van der Waals surface area (Å²) in [6, 6.07) is 12.8. The maximum Gasteiger partial charge on any atom is 0.264 e. The molecule has 1 aliphatic rings.